The van der Waals surface area contributed by atoms with Gasteiger partial charge in [-0.2, -0.15) is 0 Å². The molecule has 2 aliphatic heterocycles. The number of methoxy groups -OCH3 is 1. The monoisotopic (exact) mass is 356 g/mol. The number of ether oxygens (including phenoxy) is 2. The number of hydrogen-bond donors (Lipinski definition) is 0. The van der Waals surface area contributed by atoms with Crippen molar-refractivity contribution >= 4 is 29.2 Å². The minimum absolute atomic E-state index is 0.0186. The van der Waals surface area contributed by atoms with E-state index in [0.717, 1.165) is 16.2 Å². The van der Waals surface area contributed by atoms with Gasteiger partial charge >= 0.3 is 0 Å². The second-order valence-corrected chi connectivity index (χ2v) is 7.16. The number of nitrogens with zero attached hydrogens (tertiary/aromatic N) is 2. The number of fused-ring (bicyclic) bond motifs is 2. The third kappa shape index (κ3) is 2.19. The van der Waals surface area contributed by atoms with Crippen LogP contribution in [0.25, 0.3) is 6.08 Å². The molecular formula is C18H16N2O4S. The number of nitro groups is 1. The molecule has 0 fully saturated rings. The number of benzene rings is 2. The first-order valence-corrected chi connectivity index (χ1v) is 8.54. The average molecular weight is 356 g/mol. The summed E-state index contributed by atoms with van der Waals surface area (Å²) in [6, 6.07) is 11.0. The van der Waals surface area contributed by atoms with E-state index in [0.29, 0.717) is 17.1 Å². The highest BCUT2D eigenvalue weighted by atomic mass is 32.2. The Labute approximate surface area is 149 Å². The van der Waals surface area contributed by atoms with Gasteiger partial charge in [0.2, 0.25) is 0 Å². The van der Waals surface area contributed by atoms with E-state index in [4.69, 9.17) is 9.47 Å². The summed E-state index contributed by atoms with van der Waals surface area (Å²) in [5, 5.41) is 10.4. The molecule has 6 nitrogen and oxygen atoms in total. The number of rotatable bonds is 2. The van der Waals surface area contributed by atoms with Crippen LogP contribution in [0.15, 0.2) is 46.9 Å². The summed E-state index contributed by atoms with van der Waals surface area (Å²) in [6.07, 6.45) is 1.93. The molecule has 0 bridgehead atoms. The Morgan fingerprint density at radius 1 is 1.32 bits per heavy atom. The minimum atomic E-state index is -0.722. The number of para-hydroxylation sites is 1. The maximum absolute atomic E-state index is 11.2. The minimum Gasteiger partial charge on any atom is -0.493 e. The maximum Gasteiger partial charge on any atom is 0.274 e. The molecule has 1 spiro atoms. The summed E-state index contributed by atoms with van der Waals surface area (Å²) in [4.78, 5) is 13.9. The lowest BCUT2D eigenvalue weighted by atomic mass is 10.0. The summed E-state index contributed by atoms with van der Waals surface area (Å²) in [6.45, 7) is 1.98. The molecule has 1 atom stereocenters. The van der Waals surface area contributed by atoms with Gasteiger partial charge < -0.3 is 14.4 Å². The lowest BCUT2D eigenvalue weighted by Gasteiger charge is -2.40. The molecule has 0 amide bonds. The summed E-state index contributed by atoms with van der Waals surface area (Å²) in [5.74, 6) is 0.878. The summed E-state index contributed by atoms with van der Waals surface area (Å²) < 4.78 is 11.8. The SMILES string of the molecule is COc1cc([N+](=O)[O-])cc2c1OC1(Sc3ccccc3N1C)C(C)=C2. The fourth-order valence-corrected chi connectivity index (χ4v) is 4.59. The fraction of sp³-hybridized carbons (Fsp3) is 0.222. The van der Waals surface area contributed by atoms with E-state index >= 15 is 0 Å². The van der Waals surface area contributed by atoms with Crippen LogP contribution in [0, 0.1) is 10.1 Å². The van der Waals surface area contributed by atoms with Gasteiger partial charge in [-0.25, -0.2) is 0 Å². The zero-order chi connectivity index (χ0) is 17.8. The number of nitro benzene ring substituents is 1. The molecule has 2 aromatic rings. The predicted octanol–water partition coefficient (Wildman–Crippen LogP) is 4.30. The van der Waals surface area contributed by atoms with Crippen molar-refractivity contribution in [2.24, 2.45) is 0 Å². The number of hydrogen-bond acceptors (Lipinski definition) is 6. The van der Waals surface area contributed by atoms with Gasteiger partial charge in [-0.1, -0.05) is 12.1 Å². The van der Waals surface area contributed by atoms with Crippen LogP contribution in [0.3, 0.4) is 0 Å². The smallest absolute Gasteiger partial charge is 0.274 e. The highest BCUT2D eigenvalue weighted by molar-refractivity contribution is 8.01. The zero-order valence-corrected chi connectivity index (χ0v) is 14.8. The molecule has 128 valence electrons. The van der Waals surface area contributed by atoms with Gasteiger partial charge in [0.1, 0.15) is 0 Å². The Hall–Kier alpha value is -2.67. The Morgan fingerprint density at radius 3 is 2.76 bits per heavy atom. The van der Waals surface area contributed by atoms with E-state index in [-0.39, 0.29) is 5.69 Å². The Kier molecular flexibility index (Phi) is 3.43. The van der Waals surface area contributed by atoms with Crippen molar-refractivity contribution in [1.82, 2.24) is 0 Å². The number of thioether (sulfide) groups is 1. The van der Waals surface area contributed by atoms with Crippen molar-refractivity contribution in [2.75, 3.05) is 19.1 Å². The van der Waals surface area contributed by atoms with Crippen LogP contribution in [-0.4, -0.2) is 24.1 Å². The van der Waals surface area contributed by atoms with Crippen molar-refractivity contribution in [3.8, 4) is 11.5 Å². The average Bonchev–Trinajstić information content (AvgIpc) is 2.88. The second kappa shape index (κ2) is 5.42. The van der Waals surface area contributed by atoms with E-state index in [2.05, 4.69) is 17.0 Å². The lowest BCUT2D eigenvalue weighted by Crippen LogP contribution is -2.48. The van der Waals surface area contributed by atoms with Crippen LogP contribution in [0.2, 0.25) is 0 Å². The van der Waals surface area contributed by atoms with Crippen molar-refractivity contribution in [3.63, 3.8) is 0 Å². The van der Waals surface area contributed by atoms with Crippen molar-refractivity contribution in [2.45, 2.75) is 16.9 Å². The number of non-ortho nitro benzene ring substituents is 1. The molecule has 2 heterocycles. The molecule has 0 saturated carbocycles. The standard InChI is InChI=1S/C18H16N2O4S/c1-11-8-12-9-13(20(21)22)10-15(23-3)17(12)24-18(11)19(2)14-6-4-5-7-16(14)25-18/h4-10H,1-3H3. The summed E-state index contributed by atoms with van der Waals surface area (Å²) in [7, 11) is 3.47. The van der Waals surface area contributed by atoms with Gasteiger partial charge in [0.15, 0.2) is 11.5 Å². The Balaban J connectivity index is 1.86. The van der Waals surface area contributed by atoms with E-state index in [1.807, 2.05) is 32.2 Å². The lowest BCUT2D eigenvalue weighted by molar-refractivity contribution is -0.385. The first-order chi connectivity index (χ1) is 12.0. The van der Waals surface area contributed by atoms with Crippen LogP contribution < -0.4 is 14.4 Å². The molecule has 0 aliphatic carbocycles. The largest absolute Gasteiger partial charge is 0.493 e. The van der Waals surface area contributed by atoms with Gasteiger partial charge in [-0.15, -0.1) is 0 Å². The van der Waals surface area contributed by atoms with Crippen LogP contribution in [0.5, 0.6) is 11.5 Å². The molecule has 25 heavy (non-hydrogen) atoms. The van der Waals surface area contributed by atoms with Gasteiger partial charge in [0.25, 0.3) is 10.7 Å². The van der Waals surface area contributed by atoms with E-state index < -0.39 is 9.98 Å². The van der Waals surface area contributed by atoms with E-state index in [9.17, 15) is 10.1 Å². The zero-order valence-electron chi connectivity index (χ0n) is 14.0. The van der Waals surface area contributed by atoms with Crippen LogP contribution in [-0.2, 0) is 0 Å². The van der Waals surface area contributed by atoms with Gasteiger partial charge in [0, 0.05) is 29.1 Å². The molecule has 4 rings (SSSR count). The second-order valence-electron chi connectivity index (χ2n) is 5.96. The third-order valence-corrected chi connectivity index (χ3v) is 6.05. The molecular weight excluding hydrogens is 340 g/mol. The van der Waals surface area contributed by atoms with Crippen molar-refractivity contribution in [3.05, 3.63) is 57.6 Å². The first kappa shape index (κ1) is 15.8. The third-order valence-electron chi connectivity index (χ3n) is 4.53. The van der Waals surface area contributed by atoms with E-state index in [1.165, 1.54) is 19.2 Å². The van der Waals surface area contributed by atoms with Crippen molar-refractivity contribution < 1.29 is 14.4 Å². The predicted molar refractivity (Wildman–Crippen MR) is 97.4 cm³/mol. The summed E-state index contributed by atoms with van der Waals surface area (Å²) >= 11 is 1.61. The van der Waals surface area contributed by atoms with Crippen LogP contribution >= 0.6 is 11.8 Å². The summed E-state index contributed by atoms with van der Waals surface area (Å²) in [5.41, 5.74) is 2.69. The molecule has 0 N–H and O–H groups in total. The van der Waals surface area contributed by atoms with Gasteiger partial charge in [-0.3, -0.25) is 10.1 Å². The Bertz CT molecular complexity index is 927. The van der Waals surface area contributed by atoms with Crippen LogP contribution in [0.1, 0.15) is 12.5 Å². The molecule has 2 aliphatic rings. The van der Waals surface area contributed by atoms with Gasteiger partial charge in [0.05, 0.1) is 23.8 Å². The first-order valence-electron chi connectivity index (χ1n) is 7.72. The fourth-order valence-electron chi connectivity index (χ4n) is 3.26. The molecule has 0 aromatic heterocycles. The number of anilines is 1. The molecule has 1 unspecified atom stereocenters. The highest BCUT2D eigenvalue weighted by Gasteiger charge is 2.49. The molecule has 0 radical (unpaired) electrons. The highest BCUT2D eigenvalue weighted by Crippen LogP contribution is 2.57. The molecule has 0 saturated heterocycles. The quantitative estimate of drug-likeness (QED) is 0.591. The molecule has 2 aromatic carbocycles. The Morgan fingerprint density at radius 2 is 2.08 bits per heavy atom. The normalized spacial score (nSPS) is 20.6. The van der Waals surface area contributed by atoms with E-state index in [1.54, 1.807) is 11.8 Å². The maximum atomic E-state index is 11.2. The number of likely N-dealkylation sites (N-methyl/N-ethyl adjacent to an activating group) is 1. The van der Waals surface area contributed by atoms with Gasteiger partial charge in [-0.05, 0) is 36.9 Å². The molecule has 7 heteroatoms. The van der Waals surface area contributed by atoms with Crippen molar-refractivity contribution in [1.29, 1.82) is 0 Å². The van der Waals surface area contributed by atoms with Crippen LogP contribution in [0.4, 0.5) is 11.4 Å². The topological polar surface area (TPSA) is 64.8 Å².